The van der Waals surface area contributed by atoms with Gasteiger partial charge in [0.1, 0.15) is 5.82 Å². The molecular weight excluding hydrogens is 183 g/mol. The van der Waals surface area contributed by atoms with Crippen molar-refractivity contribution in [3.63, 3.8) is 0 Å². The second-order valence-electron chi connectivity index (χ2n) is 2.87. The molecular formula is C10H9FN2O. The van der Waals surface area contributed by atoms with Gasteiger partial charge in [-0.05, 0) is 24.3 Å². The van der Waals surface area contributed by atoms with Crippen LogP contribution in [0.25, 0.3) is 11.4 Å². The predicted octanol–water partition coefficient (Wildman–Crippen LogP) is 2.44. The van der Waals surface area contributed by atoms with Gasteiger partial charge in [-0.25, -0.2) is 4.39 Å². The number of aromatic nitrogens is 2. The maximum atomic E-state index is 12.6. The Bertz CT molecular complexity index is 422. The molecule has 1 heterocycles. The second-order valence-corrected chi connectivity index (χ2v) is 2.87. The first kappa shape index (κ1) is 8.87. The Balaban J connectivity index is 2.34. The van der Waals surface area contributed by atoms with Crippen LogP contribution in [0, 0.1) is 5.82 Å². The van der Waals surface area contributed by atoms with E-state index in [0.29, 0.717) is 18.1 Å². The maximum Gasteiger partial charge on any atom is 0.226 e. The third-order valence-corrected chi connectivity index (χ3v) is 1.87. The van der Waals surface area contributed by atoms with Gasteiger partial charge in [0.2, 0.25) is 11.7 Å². The standard InChI is InChI=1S/C10H9FN2O/c1-2-9-12-10(13-14-9)7-3-5-8(11)6-4-7/h3-6H,2H2,1H3. The second kappa shape index (κ2) is 3.57. The molecule has 14 heavy (non-hydrogen) atoms. The summed E-state index contributed by atoms with van der Waals surface area (Å²) < 4.78 is 17.6. The van der Waals surface area contributed by atoms with Gasteiger partial charge in [0.25, 0.3) is 0 Å². The van der Waals surface area contributed by atoms with E-state index in [1.165, 1.54) is 12.1 Å². The number of nitrogens with zero attached hydrogens (tertiary/aromatic N) is 2. The van der Waals surface area contributed by atoms with Crippen molar-refractivity contribution in [1.29, 1.82) is 0 Å². The van der Waals surface area contributed by atoms with E-state index in [2.05, 4.69) is 10.1 Å². The monoisotopic (exact) mass is 192 g/mol. The Morgan fingerprint density at radius 1 is 1.29 bits per heavy atom. The summed E-state index contributed by atoms with van der Waals surface area (Å²) in [6.07, 6.45) is 0.703. The van der Waals surface area contributed by atoms with Gasteiger partial charge in [-0.1, -0.05) is 12.1 Å². The first-order chi connectivity index (χ1) is 6.79. The molecule has 2 rings (SSSR count). The normalized spacial score (nSPS) is 10.4. The van der Waals surface area contributed by atoms with Crippen molar-refractivity contribution in [1.82, 2.24) is 10.1 Å². The number of hydrogen-bond donors (Lipinski definition) is 0. The lowest BCUT2D eigenvalue weighted by Gasteiger charge is -1.92. The molecule has 0 unspecified atom stereocenters. The molecule has 0 aliphatic rings. The molecule has 72 valence electrons. The Hall–Kier alpha value is -1.71. The van der Waals surface area contributed by atoms with Crippen LogP contribution in [0.5, 0.6) is 0 Å². The SMILES string of the molecule is CCc1nc(-c2ccc(F)cc2)no1. The highest BCUT2D eigenvalue weighted by Crippen LogP contribution is 2.15. The number of benzene rings is 1. The van der Waals surface area contributed by atoms with Gasteiger partial charge in [0.05, 0.1) is 0 Å². The topological polar surface area (TPSA) is 38.9 Å². The average Bonchev–Trinajstić information content (AvgIpc) is 2.67. The first-order valence-electron chi connectivity index (χ1n) is 4.38. The van der Waals surface area contributed by atoms with Crippen LogP contribution in [0.15, 0.2) is 28.8 Å². The summed E-state index contributed by atoms with van der Waals surface area (Å²) in [7, 11) is 0. The van der Waals surface area contributed by atoms with Crippen LogP contribution >= 0.6 is 0 Å². The quantitative estimate of drug-likeness (QED) is 0.733. The summed E-state index contributed by atoms with van der Waals surface area (Å²) in [6.45, 7) is 1.93. The molecule has 0 amide bonds. The van der Waals surface area contributed by atoms with Gasteiger partial charge in [-0.2, -0.15) is 4.98 Å². The zero-order chi connectivity index (χ0) is 9.97. The van der Waals surface area contributed by atoms with E-state index in [1.807, 2.05) is 6.92 Å². The van der Waals surface area contributed by atoms with Crippen LogP contribution in [0.2, 0.25) is 0 Å². The van der Waals surface area contributed by atoms with Crippen molar-refractivity contribution in [2.24, 2.45) is 0 Å². The molecule has 0 saturated carbocycles. The van der Waals surface area contributed by atoms with E-state index < -0.39 is 0 Å². The third-order valence-electron chi connectivity index (χ3n) is 1.87. The lowest BCUT2D eigenvalue weighted by Crippen LogP contribution is -1.82. The molecule has 0 bridgehead atoms. The van der Waals surface area contributed by atoms with Gasteiger partial charge < -0.3 is 4.52 Å². The number of aryl methyl sites for hydroxylation is 1. The Labute approximate surface area is 80.6 Å². The minimum atomic E-state index is -0.270. The minimum Gasteiger partial charge on any atom is -0.339 e. The van der Waals surface area contributed by atoms with E-state index >= 15 is 0 Å². The zero-order valence-electron chi connectivity index (χ0n) is 7.70. The molecule has 0 N–H and O–H groups in total. The van der Waals surface area contributed by atoms with Gasteiger partial charge >= 0.3 is 0 Å². The van der Waals surface area contributed by atoms with Crippen LogP contribution in [0.3, 0.4) is 0 Å². The van der Waals surface area contributed by atoms with E-state index in [4.69, 9.17) is 4.52 Å². The van der Waals surface area contributed by atoms with Crippen molar-refractivity contribution in [2.75, 3.05) is 0 Å². The molecule has 3 nitrogen and oxygen atoms in total. The lowest BCUT2D eigenvalue weighted by molar-refractivity contribution is 0.383. The van der Waals surface area contributed by atoms with Crippen molar-refractivity contribution in [2.45, 2.75) is 13.3 Å². The summed E-state index contributed by atoms with van der Waals surface area (Å²) in [4.78, 5) is 4.13. The number of rotatable bonds is 2. The Morgan fingerprint density at radius 3 is 2.57 bits per heavy atom. The van der Waals surface area contributed by atoms with E-state index in [9.17, 15) is 4.39 Å². The molecule has 0 radical (unpaired) electrons. The average molecular weight is 192 g/mol. The Kier molecular flexibility index (Phi) is 2.26. The summed E-state index contributed by atoms with van der Waals surface area (Å²) in [5.74, 6) is 0.819. The summed E-state index contributed by atoms with van der Waals surface area (Å²) in [5, 5.41) is 3.78. The van der Waals surface area contributed by atoms with E-state index in [0.717, 1.165) is 5.56 Å². The molecule has 1 aromatic heterocycles. The Morgan fingerprint density at radius 2 is 2.00 bits per heavy atom. The molecule has 0 saturated heterocycles. The first-order valence-corrected chi connectivity index (χ1v) is 4.38. The van der Waals surface area contributed by atoms with Gasteiger partial charge in [0, 0.05) is 12.0 Å². The van der Waals surface area contributed by atoms with Gasteiger partial charge in [-0.3, -0.25) is 0 Å². The highest BCUT2D eigenvalue weighted by Gasteiger charge is 2.06. The number of halogens is 1. The van der Waals surface area contributed by atoms with Crippen LogP contribution in [0.1, 0.15) is 12.8 Å². The summed E-state index contributed by atoms with van der Waals surface area (Å²) in [6, 6.07) is 5.99. The van der Waals surface area contributed by atoms with Gasteiger partial charge in [-0.15, -0.1) is 0 Å². The molecule has 0 aliphatic heterocycles. The largest absolute Gasteiger partial charge is 0.339 e. The lowest BCUT2D eigenvalue weighted by atomic mass is 10.2. The molecule has 0 atom stereocenters. The molecule has 0 spiro atoms. The van der Waals surface area contributed by atoms with Crippen LogP contribution in [-0.2, 0) is 6.42 Å². The predicted molar refractivity (Wildman–Crippen MR) is 49.1 cm³/mol. The molecule has 4 heteroatoms. The fourth-order valence-corrected chi connectivity index (χ4v) is 1.11. The van der Waals surface area contributed by atoms with E-state index in [1.54, 1.807) is 12.1 Å². The highest BCUT2D eigenvalue weighted by atomic mass is 19.1. The van der Waals surface area contributed by atoms with E-state index in [-0.39, 0.29) is 5.82 Å². The third kappa shape index (κ3) is 1.64. The minimum absolute atomic E-state index is 0.270. The summed E-state index contributed by atoms with van der Waals surface area (Å²) in [5.41, 5.74) is 0.759. The van der Waals surface area contributed by atoms with Crippen molar-refractivity contribution < 1.29 is 8.91 Å². The van der Waals surface area contributed by atoms with Gasteiger partial charge in [0.15, 0.2) is 0 Å². The highest BCUT2D eigenvalue weighted by molar-refractivity contribution is 5.53. The van der Waals surface area contributed by atoms with Crippen molar-refractivity contribution >= 4 is 0 Å². The maximum absolute atomic E-state index is 12.6. The van der Waals surface area contributed by atoms with Crippen LogP contribution < -0.4 is 0 Å². The fraction of sp³-hybridized carbons (Fsp3) is 0.200. The number of hydrogen-bond acceptors (Lipinski definition) is 3. The smallest absolute Gasteiger partial charge is 0.226 e. The molecule has 0 aliphatic carbocycles. The summed E-state index contributed by atoms with van der Waals surface area (Å²) >= 11 is 0. The molecule has 0 fully saturated rings. The van der Waals surface area contributed by atoms with Crippen LogP contribution in [0.4, 0.5) is 4.39 Å². The van der Waals surface area contributed by atoms with Crippen molar-refractivity contribution in [3.05, 3.63) is 36.0 Å². The molecule has 2 aromatic rings. The molecule has 1 aromatic carbocycles. The van der Waals surface area contributed by atoms with Crippen LogP contribution in [-0.4, -0.2) is 10.1 Å². The fourth-order valence-electron chi connectivity index (χ4n) is 1.11. The zero-order valence-corrected chi connectivity index (χ0v) is 7.70. The van der Waals surface area contributed by atoms with Crippen molar-refractivity contribution in [3.8, 4) is 11.4 Å².